The average Bonchev–Trinajstić information content (AvgIpc) is 2.85. The van der Waals surface area contributed by atoms with Gasteiger partial charge in [-0.15, -0.1) is 0 Å². The molecule has 0 aliphatic heterocycles. The molecule has 2 rings (SSSR count). The molecule has 0 radical (unpaired) electrons. The molecule has 0 aliphatic carbocycles. The van der Waals surface area contributed by atoms with Crippen molar-refractivity contribution in [3.05, 3.63) is 18.6 Å². The van der Waals surface area contributed by atoms with Gasteiger partial charge in [-0.2, -0.15) is 10.5 Å². The normalized spacial score (nSPS) is 9.72. The van der Waals surface area contributed by atoms with Crippen molar-refractivity contribution in [3.8, 4) is 12.1 Å². The van der Waals surface area contributed by atoms with E-state index < -0.39 is 0 Å². The zero-order valence-electron chi connectivity index (χ0n) is 9.41. The molecule has 90 valence electrons. The highest BCUT2D eigenvalue weighted by Crippen LogP contribution is 2.19. The number of hydrogen-bond donors (Lipinski definition) is 2. The fourth-order valence-electron chi connectivity index (χ4n) is 1.57. The van der Waals surface area contributed by atoms with Crippen LogP contribution in [0.3, 0.4) is 0 Å². The minimum Gasteiger partial charge on any atom is -0.327 e. The third kappa shape index (κ3) is 2.00. The second-order valence-electron chi connectivity index (χ2n) is 3.42. The summed E-state index contributed by atoms with van der Waals surface area (Å²) in [5.41, 5.74) is 3.01. The minimum atomic E-state index is 0.0527. The van der Waals surface area contributed by atoms with E-state index in [0.29, 0.717) is 17.3 Å². The maximum atomic E-state index is 8.78. The molecule has 8 nitrogen and oxygen atoms in total. The number of fused-ring (bicyclic) bond motifs is 1. The monoisotopic (exact) mass is 242 g/mol. The van der Waals surface area contributed by atoms with Gasteiger partial charge in [-0.1, -0.05) is 0 Å². The van der Waals surface area contributed by atoms with E-state index in [2.05, 4.69) is 15.4 Å². The smallest absolute Gasteiger partial charge is 0.180 e. The number of imidazole rings is 1. The number of nitrogen functional groups attached to an aromatic ring is 1. The number of hydrogen-bond acceptors (Lipinski definition) is 7. The van der Waals surface area contributed by atoms with Crippen LogP contribution < -0.4 is 16.2 Å². The number of hydrazine groups is 1. The van der Waals surface area contributed by atoms with Crippen molar-refractivity contribution in [1.82, 2.24) is 14.4 Å². The first-order valence-electron chi connectivity index (χ1n) is 5.09. The van der Waals surface area contributed by atoms with Gasteiger partial charge in [0.25, 0.3) is 0 Å². The maximum absolute atomic E-state index is 8.78. The van der Waals surface area contributed by atoms with E-state index in [1.807, 2.05) is 12.1 Å². The Hall–Kier alpha value is -2.84. The molecule has 0 saturated heterocycles. The third-order valence-electron chi connectivity index (χ3n) is 2.33. The molecule has 3 N–H and O–H groups in total. The molecule has 0 aromatic carbocycles. The summed E-state index contributed by atoms with van der Waals surface area (Å²) in [6, 6.07) is 3.98. The van der Waals surface area contributed by atoms with Gasteiger partial charge in [-0.05, 0) is 0 Å². The van der Waals surface area contributed by atoms with Gasteiger partial charge in [-0.25, -0.2) is 15.8 Å². The topological polar surface area (TPSA) is 119 Å². The van der Waals surface area contributed by atoms with E-state index in [-0.39, 0.29) is 13.1 Å². The average molecular weight is 242 g/mol. The Morgan fingerprint density at radius 2 is 2.11 bits per heavy atom. The van der Waals surface area contributed by atoms with Crippen LogP contribution in [0.25, 0.3) is 5.65 Å². The molecule has 0 aliphatic rings. The first kappa shape index (κ1) is 11.6. The van der Waals surface area contributed by atoms with Crippen LogP contribution in [0.1, 0.15) is 0 Å². The van der Waals surface area contributed by atoms with Crippen LogP contribution in [0.4, 0.5) is 11.6 Å². The molecular formula is C10H10N8. The van der Waals surface area contributed by atoms with E-state index in [4.69, 9.17) is 16.4 Å². The molecule has 0 fully saturated rings. The summed E-state index contributed by atoms with van der Waals surface area (Å²) in [5, 5.41) is 17.6. The van der Waals surface area contributed by atoms with Crippen molar-refractivity contribution < 1.29 is 0 Å². The van der Waals surface area contributed by atoms with E-state index in [1.165, 1.54) is 4.90 Å². The van der Waals surface area contributed by atoms with Crippen LogP contribution in [-0.4, -0.2) is 27.5 Å². The Morgan fingerprint density at radius 3 is 2.72 bits per heavy atom. The molecule has 2 aromatic rings. The summed E-state index contributed by atoms with van der Waals surface area (Å²) >= 11 is 0. The van der Waals surface area contributed by atoms with Crippen LogP contribution in [-0.2, 0) is 0 Å². The SMILES string of the molecule is N#CCN(CC#N)c1nc(NN)cn2ccnc12. The quantitative estimate of drug-likeness (QED) is 0.435. The van der Waals surface area contributed by atoms with Gasteiger partial charge in [0.15, 0.2) is 17.3 Å². The van der Waals surface area contributed by atoms with Crippen LogP contribution in [0.15, 0.2) is 18.6 Å². The summed E-state index contributed by atoms with van der Waals surface area (Å²) < 4.78 is 1.72. The van der Waals surface area contributed by atoms with E-state index in [0.717, 1.165) is 0 Å². The molecule has 0 atom stereocenters. The second-order valence-corrected chi connectivity index (χ2v) is 3.42. The number of nitrogens with zero attached hydrogens (tertiary/aromatic N) is 6. The van der Waals surface area contributed by atoms with Crippen molar-refractivity contribution in [1.29, 1.82) is 10.5 Å². The summed E-state index contributed by atoms with van der Waals surface area (Å²) in [6.45, 7) is 0.105. The van der Waals surface area contributed by atoms with Crippen molar-refractivity contribution in [3.63, 3.8) is 0 Å². The van der Waals surface area contributed by atoms with Crippen LogP contribution >= 0.6 is 0 Å². The number of nitrogens with one attached hydrogen (secondary N) is 1. The largest absolute Gasteiger partial charge is 0.327 e. The minimum absolute atomic E-state index is 0.0527. The lowest BCUT2D eigenvalue weighted by atomic mass is 10.4. The van der Waals surface area contributed by atoms with Crippen molar-refractivity contribution in [2.24, 2.45) is 5.84 Å². The fraction of sp³-hybridized carbons (Fsp3) is 0.200. The zero-order chi connectivity index (χ0) is 13.0. The van der Waals surface area contributed by atoms with Crippen LogP contribution in [0, 0.1) is 22.7 Å². The molecular weight excluding hydrogens is 232 g/mol. The molecule has 0 saturated carbocycles. The zero-order valence-corrected chi connectivity index (χ0v) is 9.41. The summed E-state index contributed by atoms with van der Waals surface area (Å²) in [7, 11) is 0. The standard InChI is InChI=1S/C10H10N8/c11-1-4-17(5-2-12)10-9-14-3-6-18(9)7-8(15-10)16-13/h3,6-7,16H,4-5,13H2. The number of rotatable bonds is 4. The third-order valence-corrected chi connectivity index (χ3v) is 2.33. The predicted octanol–water partition coefficient (Wildman–Crippen LogP) is -0.132. The highest BCUT2D eigenvalue weighted by Gasteiger charge is 2.14. The Labute approximate surface area is 103 Å². The number of nitriles is 2. The number of anilines is 2. The van der Waals surface area contributed by atoms with Crippen LogP contribution in [0.5, 0.6) is 0 Å². The Bertz CT molecular complexity index is 615. The van der Waals surface area contributed by atoms with Gasteiger partial charge in [0.2, 0.25) is 0 Å². The summed E-state index contributed by atoms with van der Waals surface area (Å²) in [6.07, 6.45) is 5.01. The number of aromatic nitrogens is 3. The fourth-order valence-corrected chi connectivity index (χ4v) is 1.57. The van der Waals surface area contributed by atoms with Crippen LogP contribution in [0.2, 0.25) is 0 Å². The molecule has 8 heteroatoms. The van der Waals surface area contributed by atoms with E-state index in [9.17, 15) is 0 Å². The Balaban J connectivity index is 2.56. The van der Waals surface area contributed by atoms with E-state index in [1.54, 1.807) is 23.0 Å². The molecule has 18 heavy (non-hydrogen) atoms. The Morgan fingerprint density at radius 1 is 1.39 bits per heavy atom. The van der Waals surface area contributed by atoms with Crippen molar-refractivity contribution in [2.45, 2.75) is 0 Å². The molecule has 0 unspecified atom stereocenters. The molecule has 2 aromatic heterocycles. The predicted molar refractivity (Wildman–Crippen MR) is 64.2 cm³/mol. The van der Waals surface area contributed by atoms with Gasteiger partial charge in [0, 0.05) is 12.4 Å². The number of nitrogens with two attached hydrogens (primary N) is 1. The van der Waals surface area contributed by atoms with Gasteiger partial charge < -0.3 is 14.7 Å². The Kier molecular flexibility index (Phi) is 3.23. The lowest BCUT2D eigenvalue weighted by Crippen LogP contribution is -2.26. The maximum Gasteiger partial charge on any atom is 0.180 e. The summed E-state index contributed by atoms with van der Waals surface area (Å²) in [4.78, 5) is 9.92. The molecule has 0 bridgehead atoms. The van der Waals surface area contributed by atoms with Gasteiger partial charge >= 0.3 is 0 Å². The lowest BCUT2D eigenvalue weighted by molar-refractivity contribution is 0.925. The van der Waals surface area contributed by atoms with Gasteiger partial charge in [0.05, 0.1) is 18.3 Å². The van der Waals surface area contributed by atoms with Gasteiger partial charge in [-0.3, -0.25) is 0 Å². The molecule has 2 heterocycles. The molecule has 0 amide bonds. The second kappa shape index (κ2) is 4.99. The van der Waals surface area contributed by atoms with Crippen molar-refractivity contribution >= 4 is 17.3 Å². The van der Waals surface area contributed by atoms with Crippen molar-refractivity contribution in [2.75, 3.05) is 23.4 Å². The van der Waals surface area contributed by atoms with E-state index >= 15 is 0 Å². The molecule has 0 spiro atoms. The first-order chi connectivity index (χ1) is 8.80. The lowest BCUT2D eigenvalue weighted by Gasteiger charge is -2.18. The first-order valence-corrected chi connectivity index (χ1v) is 5.09. The summed E-state index contributed by atoms with van der Waals surface area (Å²) in [5.74, 6) is 6.20. The van der Waals surface area contributed by atoms with Gasteiger partial charge in [0.1, 0.15) is 13.1 Å². The highest BCUT2D eigenvalue weighted by molar-refractivity contribution is 5.67. The highest BCUT2D eigenvalue weighted by atomic mass is 15.3.